The third-order valence-corrected chi connectivity index (χ3v) is 4.17. The lowest BCUT2D eigenvalue weighted by Gasteiger charge is -2.23. The average Bonchev–Trinajstić information content (AvgIpc) is 2.87. The van der Waals surface area contributed by atoms with Gasteiger partial charge in [-0.15, -0.1) is 5.10 Å². The van der Waals surface area contributed by atoms with Crippen molar-refractivity contribution >= 4 is 11.3 Å². The molecule has 0 saturated carbocycles. The molecule has 1 heterocycles. The lowest BCUT2D eigenvalue weighted by molar-refractivity contribution is 0.470. The second-order valence-corrected chi connectivity index (χ2v) is 6.05. The van der Waals surface area contributed by atoms with Gasteiger partial charge in [0.25, 0.3) is 5.19 Å². The summed E-state index contributed by atoms with van der Waals surface area (Å²) in [6, 6.07) is 8.14. The van der Waals surface area contributed by atoms with E-state index in [1.54, 1.807) is 0 Å². The van der Waals surface area contributed by atoms with Crippen molar-refractivity contribution in [3.63, 3.8) is 0 Å². The molecular formula is C14H19N3OS. The third-order valence-electron chi connectivity index (χ3n) is 3.35. The highest BCUT2D eigenvalue weighted by Crippen LogP contribution is 2.30. The van der Waals surface area contributed by atoms with Crippen LogP contribution in [-0.4, -0.2) is 10.2 Å². The largest absolute Gasteiger partial charge is 0.430 e. The zero-order chi connectivity index (χ0) is 13.9. The van der Waals surface area contributed by atoms with Crippen molar-refractivity contribution in [3.05, 3.63) is 34.8 Å². The van der Waals surface area contributed by atoms with Crippen LogP contribution in [0.25, 0.3) is 0 Å². The average molecular weight is 277 g/mol. The molecule has 0 bridgehead atoms. The lowest BCUT2D eigenvalue weighted by atomic mass is 9.82. The van der Waals surface area contributed by atoms with Crippen LogP contribution in [0.5, 0.6) is 10.9 Å². The summed E-state index contributed by atoms with van der Waals surface area (Å²) in [5, 5.41) is 9.16. The number of nitrogens with two attached hydrogens (primary N) is 1. The van der Waals surface area contributed by atoms with Gasteiger partial charge in [-0.05, 0) is 29.5 Å². The molecule has 0 saturated heterocycles. The van der Waals surface area contributed by atoms with Gasteiger partial charge in [0.15, 0.2) is 0 Å². The quantitative estimate of drug-likeness (QED) is 0.909. The molecule has 19 heavy (non-hydrogen) atoms. The van der Waals surface area contributed by atoms with Crippen molar-refractivity contribution in [2.24, 2.45) is 5.73 Å². The number of hydrogen-bond acceptors (Lipinski definition) is 5. The van der Waals surface area contributed by atoms with E-state index in [-0.39, 0.29) is 5.41 Å². The Kier molecular flexibility index (Phi) is 4.17. The molecule has 2 rings (SSSR count). The summed E-state index contributed by atoms with van der Waals surface area (Å²) in [5.74, 6) is 0.773. The zero-order valence-electron chi connectivity index (χ0n) is 11.5. The minimum atomic E-state index is 0.188. The minimum absolute atomic E-state index is 0.188. The second-order valence-electron chi connectivity index (χ2n) is 5.03. The standard InChI is InChI=1S/C14H19N3OS/c1-4-14(2,3)10-5-7-11(8-6-10)18-13-17-16-12(9-15)19-13/h5-8H,4,9,15H2,1-3H3. The lowest BCUT2D eigenvalue weighted by Crippen LogP contribution is -2.14. The topological polar surface area (TPSA) is 61.0 Å². The van der Waals surface area contributed by atoms with E-state index in [4.69, 9.17) is 10.5 Å². The van der Waals surface area contributed by atoms with E-state index >= 15 is 0 Å². The molecule has 0 amide bonds. The first kappa shape index (κ1) is 14.0. The Balaban J connectivity index is 2.10. The van der Waals surface area contributed by atoms with Crippen molar-refractivity contribution in [2.45, 2.75) is 39.2 Å². The minimum Gasteiger partial charge on any atom is -0.430 e. The van der Waals surface area contributed by atoms with Crippen LogP contribution in [-0.2, 0) is 12.0 Å². The molecule has 1 aromatic heterocycles. The van der Waals surface area contributed by atoms with Crippen molar-refractivity contribution in [1.82, 2.24) is 10.2 Å². The van der Waals surface area contributed by atoms with Crippen molar-refractivity contribution in [1.29, 1.82) is 0 Å². The number of benzene rings is 1. The van der Waals surface area contributed by atoms with Gasteiger partial charge in [-0.25, -0.2) is 0 Å². The van der Waals surface area contributed by atoms with Crippen LogP contribution in [0.3, 0.4) is 0 Å². The van der Waals surface area contributed by atoms with Crippen LogP contribution in [0.4, 0.5) is 0 Å². The number of ether oxygens (including phenoxy) is 1. The van der Waals surface area contributed by atoms with Gasteiger partial charge in [0.2, 0.25) is 0 Å². The van der Waals surface area contributed by atoms with Crippen LogP contribution < -0.4 is 10.5 Å². The molecule has 0 aliphatic rings. The van der Waals surface area contributed by atoms with E-state index in [1.165, 1.54) is 16.9 Å². The van der Waals surface area contributed by atoms with E-state index in [0.717, 1.165) is 17.2 Å². The normalized spacial score (nSPS) is 11.6. The maximum atomic E-state index is 5.65. The molecule has 0 aliphatic heterocycles. The summed E-state index contributed by atoms with van der Waals surface area (Å²) in [7, 11) is 0. The molecule has 0 spiro atoms. The highest BCUT2D eigenvalue weighted by molar-refractivity contribution is 7.13. The third kappa shape index (κ3) is 3.30. The summed E-state index contributed by atoms with van der Waals surface area (Å²) in [4.78, 5) is 0. The monoisotopic (exact) mass is 277 g/mol. The first-order valence-corrected chi connectivity index (χ1v) is 7.17. The Labute approximate surface area is 117 Å². The summed E-state index contributed by atoms with van der Waals surface area (Å²) >= 11 is 1.37. The van der Waals surface area contributed by atoms with Crippen LogP contribution in [0, 0.1) is 0 Å². The Morgan fingerprint density at radius 2 is 1.89 bits per heavy atom. The molecule has 102 valence electrons. The summed E-state index contributed by atoms with van der Waals surface area (Å²) in [6.45, 7) is 7.06. The fraction of sp³-hybridized carbons (Fsp3) is 0.429. The predicted octanol–water partition coefficient (Wildman–Crippen LogP) is 3.48. The van der Waals surface area contributed by atoms with Gasteiger partial charge >= 0.3 is 0 Å². The maximum absolute atomic E-state index is 5.65. The smallest absolute Gasteiger partial charge is 0.299 e. The van der Waals surface area contributed by atoms with Gasteiger partial charge in [-0.2, -0.15) is 0 Å². The molecule has 0 unspecified atom stereocenters. The van der Waals surface area contributed by atoms with Crippen LogP contribution in [0.2, 0.25) is 0 Å². The van der Waals surface area contributed by atoms with Gasteiger partial charge in [0, 0.05) is 6.54 Å². The Bertz CT molecular complexity index is 534. The van der Waals surface area contributed by atoms with E-state index < -0.39 is 0 Å². The second kappa shape index (κ2) is 5.67. The molecule has 0 atom stereocenters. The molecular weight excluding hydrogens is 258 g/mol. The number of hydrogen-bond donors (Lipinski definition) is 1. The molecule has 4 nitrogen and oxygen atoms in total. The Morgan fingerprint density at radius 1 is 1.21 bits per heavy atom. The molecule has 0 fully saturated rings. The van der Waals surface area contributed by atoms with E-state index in [0.29, 0.717) is 11.7 Å². The van der Waals surface area contributed by atoms with Crippen LogP contribution in [0.1, 0.15) is 37.8 Å². The maximum Gasteiger partial charge on any atom is 0.299 e. The summed E-state index contributed by atoms with van der Waals surface area (Å²) < 4.78 is 5.65. The summed E-state index contributed by atoms with van der Waals surface area (Å²) in [5.41, 5.74) is 6.99. The van der Waals surface area contributed by atoms with Gasteiger partial charge in [0.1, 0.15) is 10.8 Å². The zero-order valence-corrected chi connectivity index (χ0v) is 12.3. The van der Waals surface area contributed by atoms with Gasteiger partial charge < -0.3 is 10.5 Å². The molecule has 2 aromatic rings. The molecule has 0 aliphatic carbocycles. The highest BCUT2D eigenvalue weighted by Gasteiger charge is 2.17. The predicted molar refractivity (Wildman–Crippen MR) is 77.6 cm³/mol. The van der Waals surface area contributed by atoms with E-state index in [1.807, 2.05) is 12.1 Å². The van der Waals surface area contributed by atoms with Gasteiger partial charge in [0.05, 0.1) is 0 Å². The first-order valence-electron chi connectivity index (χ1n) is 6.36. The SMILES string of the molecule is CCC(C)(C)c1ccc(Oc2nnc(CN)s2)cc1. The van der Waals surface area contributed by atoms with Crippen molar-refractivity contribution in [2.75, 3.05) is 0 Å². The molecule has 0 radical (unpaired) electrons. The Morgan fingerprint density at radius 3 is 2.42 bits per heavy atom. The van der Waals surface area contributed by atoms with Gasteiger partial charge in [-0.3, -0.25) is 0 Å². The van der Waals surface area contributed by atoms with Crippen molar-refractivity contribution in [3.8, 4) is 10.9 Å². The fourth-order valence-corrected chi connectivity index (χ4v) is 2.23. The van der Waals surface area contributed by atoms with E-state index in [9.17, 15) is 0 Å². The molecule has 5 heteroatoms. The van der Waals surface area contributed by atoms with Gasteiger partial charge in [-0.1, -0.05) is 49.3 Å². The van der Waals surface area contributed by atoms with E-state index in [2.05, 4.69) is 43.1 Å². The Hall–Kier alpha value is -1.46. The molecule has 1 aromatic carbocycles. The first-order chi connectivity index (χ1) is 9.05. The highest BCUT2D eigenvalue weighted by atomic mass is 32.1. The molecule has 2 N–H and O–H groups in total. The summed E-state index contributed by atoms with van der Waals surface area (Å²) in [6.07, 6.45) is 1.10. The van der Waals surface area contributed by atoms with Crippen molar-refractivity contribution < 1.29 is 4.74 Å². The number of nitrogens with zero attached hydrogens (tertiary/aromatic N) is 2. The van der Waals surface area contributed by atoms with Crippen LogP contribution in [0.15, 0.2) is 24.3 Å². The fourth-order valence-electron chi connectivity index (χ4n) is 1.64. The number of rotatable bonds is 5. The van der Waals surface area contributed by atoms with Crippen LogP contribution >= 0.6 is 11.3 Å². The number of aromatic nitrogens is 2.